The Balaban J connectivity index is 2.31. The fourth-order valence-corrected chi connectivity index (χ4v) is 7.95. The van der Waals surface area contributed by atoms with E-state index in [1.807, 2.05) is 0 Å². The van der Waals surface area contributed by atoms with Crippen LogP contribution in [0, 0.1) is 0 Å². The van der Waals surface area contributed by atoms with Crippen molar-refractivity contribution < 1.29 is 0 Å². The summed E-state index contributed by atoms with van der Waals surface area (Å²) in [5.41, 5.74) is 0. The van der Waals surface area contributed by atoms with Crippen molar-refractivity contribution in [1.29, 1.82) is 0 Å². The molecular weight excluding hydrogens is 153 g/mol. The van der Waals surface area contributed by atoms with Crippen molar-refractivity contribution >= 4 is 25.0 Å². The first-order valence-corrected chi connectivity index (χ1v) is 10.6. The third-order valence-corrected chi connectivity index (χ3v) is 15.4. The van der Waals surface area contributed by atoms with E-state index in [0.717, 1.165) is 0 Å². The summed E-state index contributed by atoms with van der Waals surface area (Å²) in [6.07, 6.45) is 0. The van der Waals surface area contributed by atoms with Crippen molar-refractivity contribution in [1.82, 2.24) is 0 Å². The van der Waals surface area contributed by atoms with E-state index in [2.05, 4.69) is 23.3 Å². The third-order valence-electron chi connectivity index (χ3n) is 0.986. The van der Waals surface area contributed by atoms with E-state index >= 15 is 0 Å². The fraction of sp³-hybridized carbons (Fsp3) is 1.00. The first-order valence-electron chi connectivity index (χ1n) is 2.28. The molecule has 1 aliphatic rings. The summed E-state index contributed by atoms with van der Waals surface area (Å²) in [6, 6.07) is 0. The van der Waals surface area contributed by atoms with Crippen LogP contribution in [0.3, 0.4) is 0 Å². The maximum absolute atomic E-state index is 2.50. The van der Waals surface area contributed by atoms with Gasteiger partial charge in [0, 0.05) is 0 Å². The fourth-order valence-electron chi connectivity index (χ4n) is 0.510. The van der Waals surface area contributed by atoms with Gasteiger partial charge in [-0.15, -0.1) is 0 Å². The van der Waals surface area contributed by atoms with Crippen LogP contribution in [-0.4, -0.2) is 22.4 Å². The van der Waals surface area contributed by atoms with Crippen molar-refractivity contribution in [3.8, 4) is 0 Å². The van der Waals surface area contributed by atoms with Crippen LogP contribution in [0.5, 0.6) is 0 Å². The van der Waals surface area contributed by atoms with Gasteiger partial charge in [0.1, 0.15) is 0 Å². The first kappa shape index (κ1) is 5.04. The summed E-state index contributed by atoms with van der Waals surface area (Å²) in [7, 11) is 0. The molecule has 1 aliphatic heterocycles. The normalized spacial score (nSPS) is 29.0. The molecule has 1 fully saturated rings. The monoisotopic (exact) mass is 164 g/mol. The molecule has 0 nitrogen and oxygen atoms in total. The van der Waals surface area contributed by atoms with Crippen molar-refractivity contribution in [3.05, 3.63) is 0 Å². The van der Waals surface area contributed by atoms with Crippen LogP contribution < -0.4 is 0 Å². The second kappa shape index (κ2) is 1.44. The summed E-state index contributed by atoms with van der Waals surface area (Å²) in [4.78, 5) is 0. The van der Waals surface area contributed by atoms with Crippen LogP contribution in [0.15, 0.2) is 0 Å². The molecule has 0 aromatic rings. The van der Waals surface area contributed by atoms with Crippen LogP contribution >= 0.6 is 11.8 Å². The second-order valence-electron chi connectivity index (χ2n) is 2.66. The molecule has 1 saturated heterocycles. The first-order chi connectivity index (χ1) is 2.71. The Morgan fingerprint density at radius 1 is 1.33 bits per heavy atom. The molecule has 36 valence electrons. The Bertz CT molecular complexity index is 54.6. The zero-order valence-electron chi connectivity index (χ0n) is 4.32. The van der Waals surface area contributed by atoms with Crippen molar-refractivity contribution in [2.45, 2.75) is 11.5 Å². The van der Waals surface area contributed by atoms with Gasteiger partial charge in [0.15, 0.2) is 0 Å². The summed E-state index contributed by atoms with van der Waals surface area (Å²) in [6.45, 7) is 0. The van der Waals surface area contributed by atoms with Crippen molar-refractivity contribution in [2.75, 3.05) is 9.17 Å². The minimum atomic E-state index is -0.898. The molecule has 6 heavy (non-hydrogen) atoms. The topological polar surface area (TPSA) is 0 Å². The molecule has 0 amide bonds. The Labute approximate surface area is 46.1 Å². The van der Waals surface area contributed by atoms with Crippen molar-refractivity contribution in [2.24, 2.45) is 0 Å². The number of hydrogen-bond donors (Lipinski definition) is 0. The molecule has 0 radical (unpaired) electrons. The molecule has 0 spiro atoms. The van der Waals surface area contributed by atoms with Crippen molar-refractivity contribution in [3.63, 3.8) is 0 Å². The van der Waals surface area contributed by atoms with Gasteiger partial charge in [-0.3, -0.25) is 0 Å². The molecule has 1 rings (SSSR count). The summed E-state index contributed by atoms with van der Waals surface area (Å²) in [5, 5.41) is 0. The standard InChI is InChI=1S/C4H10GeS/c1-5(2)3-6-4-5/h3-4H2,1-2H3. The van der Waals surface area contributed by atoms with Gasteiger partial charge in [-0.25, -0.2) is 0 Å². The van der Waals surface area contributed by atoms with Crippen LogP contribution in [0.2, 0.25) is 11.5 Å². The van der Waals surface area contributed by atoms with E-state index in [9.17, 15) is 0 Å². The molecule has 0 bridgehead atoms. The molecule has 0 aromatic carbocycles. The molecule has 2 heteroatoms. The Hall–Kier alpha value is 0.893. The molecule has 0 N–H and O–H groups in total. The Morgan fingerprint density at radius 3 is 1.67 bits per heavy atom. The Kier molecular flexibility index (Phi) is 1.21. The van der Waals surface area contributed by atoms with E-state index in [4.69, 9.17) is 0 Å². The number of thioether (sulfide) groups is 1. The van der Waals surface area contributed by atoms with Gasteiger partial charge in [-0.1, -0.05) is 0 Å². The van der Waals surface area contributed by atoms with Crippen LogP contribution in [0.25, 0.3) is 0 Å². The van der Waals surface area contributed by atoms with Gasteiger partial charge in [-0.05, 0) is 0 Å². The molecule has 0 unspecified atom stereocenters. The van der Waals surface area contributed by atoms with E-state index in [0.29, 0.717) is 0 Å². The Morgan fingerprint density at radius 2 is 1.67 bits per heavy atom. The van der Waals surface area contributed by atoms with Gasteiger partial charge in [0.25, 0.3) is 0 Å². The summed E-state index contributed by atoms with van der Waals surface area (Å²) >= 11 is 1.23. The van der Waals surface area contributed by atoms with Gasteiger partial charge in [0.2, 0.25) is 0 Å². The van der Waals surface area contributed by atoms with Gasteiger partial charge < -0.3 is 0 Å². The van der Waals surface area contributed by atoms with E-state index in [-0.39, 0.29) is 0 Å². The molecular formula is C4H10GeS. The predicted octanol–water partition coefficient (Wildman–Crippen LogP) is 1.52. The predicted molar refractivity (Wildman–Crippen MR) is 34.8 cm³/mol. The molecule has 1 heterocycles. The van der Waals surface area contributed by atoms with Gasteiger partial charge in [-0.2, -0.15) is 0 Å². The quantitative estimate of drug-likeness (QED) is 0.487. The van der Waals surface area contributed by atoms with Crippen LogP contribution in [-0.2, 0) is 0 Å². The third kappa shape index (κ3) is 0.938. The minimum absolute atomic E-state index is 0.898. The van der Waals surface area contributed by atoms with Crippen LogP contribution in [0.1, 0.15) is 0 Å². The van der Waals surface area contributed by atoms with Gasteiger partial charge >= 0.3 is 45.7 Å². The van der Waals surface area contributed by atoms with Gasteiger partial charge in [0.05, 0.1) is 0 Å². The van der Waals surface area contributed by atoms with Crippen LogP contribution in [0.4, 0.5) is 0 Å². The van der Waals surface area contributed by atoms with E-state index in [1.165, 1.54) is 0 Å². The number of hydrogen-bond acceptors (Lipinski definition) is 1. The zero-order chi connectivity index (χ0) is 4.62. The average molecular weight is 163 g/mol. The molecule has 0 aliphatic carbocycles. The average Bonchev–Trinajstić information content (AvgIpc) is 1.32. The second-order valence-corrected chi connectivity index (χ2v) is 16.4. The zero-order valence-corrected chi connectivity index (χ0v) is 7.24. The number of rotatable bonds is 0. The SMILES string of the molecule is [CH3][Ge]1([CH3])[CH2]S[CH2]1. The molecule has 0 saturated carbocycles. The molecule has 0 aromatic heterocycles. The van der Waals surface area contributed by atoms with E-state index < -0.39 is 13.3 Å². The summed E-state index contributed by atoms with van der Waals surface area (Å²) < 4.78 is 3.11. The van der Waals surface area contributed by atoms with E-state index in [1.54, 1.807) is 9.17 Å². The molecule has 0 atom stereocenters. The maximum atomic E-state index is 2.50. The summed E-state index contributed by atoms with van der Waals surface area (Å²) in [5.74, 6) is 4.99.